The molecule has 0 aromatic carbocycles. The van der Waals surface area contributed by atoms with Gasteiger partial charge in [0.25, 0.3) is 0 Å². The lowest BCUT2D eigenvalue weighted by Crippen LogP contribution is -2.45. The maximum absolute atomic E-state index is 4.68. The van der Waals surface area contributed by atoms with Gasteiger partial charge in [-0.05, 0) is 26.0 Å². The van der Waals surface area contributed by atoms with Crippen molar-refractivity contribution in [3.05, 3.63) is 23.9 Å². The van der Waals surface area contributed by atoms with Crippen molar-refractivity contribution in [3.63, 3.8) is 0 Å². The van der Waals surface area contributed by atoms with E-state index in [1.54, 1.807) is 0 Å². The van der Waals surface area contributed by atoms with Crippen LogP contribution in [0.2, 0.25) is 0 Å². The number of piperazine rings is 1. The number of likely N-dealkylation sites (N-methyl/N-ethyl adjacent to an activating group) is 1. The average Bonchev–Trinajstić information content (AvgIpc) is 2.83. The third-order valence-corrected chi connectivity index (χ3v) is 5.11. The van der Waals surface area contributed by atoms with Gasteiger partial charge in [0.1, 0.15) is 5.82 Å². The molecule has 0 unspecified atom stereocenters. The highest BCUT2D eigenvalue weighted by atomic mass is 35.5. The summed E-state index contributed by atoms with van der Waals surface area (Å²) in [6.07, 6.45) is 10.2. The summed E-state index contributed by atoms with van der Waals surface area (Å²) in [5, 5.41) is 3.79. The van der Waals surface area contributed by atoms with Gasteiger partial charge >= 0.3 is 0 Å². The lowest BCUT2D eigenvalue weighted by atomic mass is 10.1. The van der Waals surface area contributed by atoms with Crippen molar-refractivity contribution in [3.8, 4) is 0 Å². The van der Waals surface area contributed by atoms with E-state index in [1.807, 2.05) is 6.20 Å². The fourth-order valence-electron chi connectivity index (χ4n) is 3.61. The normalized spacial score (nSPS) is 20.8. The minimum absolute atomic E-state index is 0. The molecule has 1 saturated carbocycles. The highest BCUT2D eigenvalue weighted by Gasteiger charge is 2.18. The lowest BCUT2D eigenvalue weighted by Gasteiger charge is -2.34. The second-order valence-electron chi connectivity index (χ2n) is 6.85. The average molecular weight is 339 g/mol. The molecule has 0 radical (unpaired) electrons. The van der Waals surface area contributed by atoms with E-state index in [4.69, 9.17) is 0 Å². The van der Waals surface area contributed by atoms with E-state index >= 15 is 0 Å². The zero-order valence-electron chi connectivity index (χ0n) is 14.3. The predicted molar refractivity (Wildman–Crippen MR) is 99.5 cm³/mol. The van der Waals surface area contributed by atoms with Crippen molar-refractivity contribution in [2.45, 2.75) is 51.1 Å². The highest BCUT2D eigenvalue weighted by molar-refractivity contribution is 5.85. The molecule has 1 N–H and O–H groups in total. The second-order valence-corrected chi connectivity index (χ2v) is 6.85. The summed E-state index contributed by atoms with van der Waals surface area (Å²) in [5.41, 5.74) is 1.36. The number of nitrogens with zero attached hydrogens (tertiary/aromatic N) is 3. The molecule has 2 heterocycles. The van der Waals surface area contributed by atoms with Gasteiger partial charge in [0.15, 0.2) is 0 Å². The van der Waals surface area contributed by atoms with Crippen molar-refractivity contribution in [1.29, 1.82) is 0 Å². The van der Waals surface area contributed by atoms with Crippen LogP contribution in [0.5, 0.6) is 0 Å². The van der Waals surface area contributed by atoms with Gasteiger partial charge in [-0.25, -0.2) is 4.98 Å². The van der Waals surface area contributed by atoms with E-state index in [0.29, 0.717) is 6.04 Å². The molecule has 0 amide bonds. The van der Waals surface area contributed by atoms with E-state index in [1.165, 1.54) is 49.9 Å². The molecule has 2 fully saturated rings. The van der Waals surface area contributed by atoms with E-state index in [0.717, 1.165) is 32.7 Å². The second kappa shape index (κ2) is 9.45. The fourth-order valence-corrected chi connectivity index (χ4v) is 3.61. The first kappa shape index (κ1) is 18.5. The SMILES string of the molecule is CN1CCN(c2ncccc2CNC2CCCCCC2)CC1.Cl. The Balaban J connectivity index is 0.00000192. The van der Waals surface area contributed by atoms with Crippen LogP contribution in [0.1, 0.15) is 44.1 Å². The number of hydrogen-bond acceptors (Lipinski definition) is 4. The van der Waals surface area contributed by atoms with E-state index in [9.17, 15) is 0 Å². The van der Waals surface area contributed by atoms with Gasteiger partial charge in [-0.3, -0.25) is 0 Å². The van der Waals surface area contributed by atoms with Crippen LogP contribution in [0.4, 0.5) is 5.82 Å². The number of nitrogens with one attached hydrogen (secondary N) is 1. The number of halogens is 1. The minimum Gasteiger partial charge on any atom is -0.354 e. The minimum atomic E-state index is 0. The smallest absolute Gasteiger partial charge is 0.133 e. The molecule has 2 aliphatic rings. The Kier molecular flexibility index (Phi) is 7.60. The molecule has 0 bridgehead atoms. The molecule has 1 aliphatic carbocycles. The zero-order chi connectivity index (χ0) is 15.2. The molecule has 1 aliphatic heterocycles. The first-order valence-corrected chi connectivity index (χ1v) is 8.94. The van der Waals surface area contributed by atoms with Crippen molar-refractivity contribution in [2.24, 2.45) is 0 Å². The van der Waals surface area contributed by atoms with E-state index in [2.05, 4.69) is 39.3 Å². The number of pyridine rings is 1. The van der Waals surface area contributed by atoms with Gasteiger partial charge in [0, 0.05) is 50.5 Å². The summed E-state index contributed by atoms with van der Waals surface area (Å²) >= 11 is 0. The maximum atomic E-state index is 4.68. The first-order chi connectivity index (χ1) is 10.8. The van der Waals surface area contributed by atoms with Crippen LogP contribution in [-0.4, -0.2) is 49.2 Å². The molecule has 0 spiro atoms. The monoisotopic (exact) mass is 338 g/mol. The molecule has 23 heavy (non-hydrogen) atoms. The molecular weight excluding hydrogens is 308 g/mol. The van der Waals surface area contributed by atoms with Crippen LogP contribution in [0, 0.1) is 0 Å². The van der Waals surface area contributed by atoms with Crippen LogP contribution >= 0.6 is 12.4 Å². The third-order valence-electron chi connectivity index (χ3n) is 5.11. The Morgan fingerprint density at radius 3 is 2.48 bits per heavy atom. The largest absolute Gasteiger partial charge is 0.354 e. The number of hydrogen-bond donors (Lipinski definition) is 1. The molecule has 130 valence electrons. The van der Waals surface area contributed by atoms with Crippen molar-refractivity contribution < 1.29 is 0 Å². The molecular formula is C18H31ClN4. The number of aromatic nitrogens is 1. The Morgan fingerprint density at radius 1 is 1.09 bits per heavy atom. The van der Waals surface area contributed by atoms with E-state index < -0.39 is 0 Å². The Bertz CT molecular complexity index is 452. The van der Waals surface area contributed by atoms with Crippen LogP contribution in [0.25, 0.3) is 0 Å². The quantitative estimate of drug-likeness (QED) is 0.855. The van der Waals surface area contributed by atoms with Gasteiger partial charge in [-0.15, -0.1) is 12.4 Å². The summed E-state index contributed by atoms with van der Waals surface area (Å²) in [4.78, 5) is 9.52. The maximum Gasteiger partial charge on any atom is 0.133 e. The summed E-state index contributed by atoms with van der Waals surface area (Å²) in [7, 11) is 2.20. The summed E-state index contributed by atoms with van der Waals surface area (Å²) in [6.45, 7) is 5.40. The molecule has 5 heteroatoms. The third kappa shape index (κ3) is 5.33. The molecule has 1 saturated heterocycles. The Labute approximate surface area is 147 Å². The van der Waals surface area contributed by atoms with Crippen molar-refractivity contribution in [2.75, 3.05) is 38.1 Å². The Hall–Kier alpha value is -0.840. The van der Waals surface area contributed by atoms with Gasteiger partial charge in [0.05, 0.1) is 0 Å². The van der Waals surface area contributed by atoms with Gasteiger partial charge < -0.3 is 15.1 Å². The summed E-state index contributed by atoms with van der Waals surface area (Å²) in [5.74, 6) is 1.19. The van der Waals surface area contributed by atoms with Crippen LogP contribution in [0.3, 0.4) is 0 Å². The summed E-state index contributed by atoms with van der Waals surface area (Å²) in [6, 6.07) is 5.01. The molecule has 1 aromatic rings. The van der Waals surface area contributed by atoms with E-state index in [-0.39, 0.29) is 12.4 Å². The lowest BCUT2D eigenvalue weighted by molar-refractivity contribution is 0.311. The standard InChI is InChI=1S/C18H30N4.ClH/c1-21-11-13-22(14-12-21)18-16(7-6-10-19-18)15-20-17-8-4-2-3-5-9-17;/h6-7,10,17,20H,2-5,8-9,11-15H2,1H3;1H. The van der Waals surface area contributed by atoms with Gasteiger partial charge in [-0.1, -0.05) is 31.7 Å². The topological polar surface area (TPSA) is 31.4 Å². The van der Waals surface area contributed by atoms with Gasteiger partial charge in [-0.2, -0.15) is 0 Å². The van der Waals surface area contributed by atoms with Crippen LogP contribution in [0.15, 0.2) is 18.3 Å². The molecule has 3 rings (SSSR count). The van der Waals surface area contributed by atoms with Crippen LogP contribution in [-0.2, 0) is 6.54 Å². The number of rotatable bonds is 4. The molecule has 4 nitrogen and oxygen atoms in total. The number of anilines is 1. The first-order valence-electron chi connectivity index (χ1n) is 8.94. The van der Waals surface area contributed by atoms with Crippen LogP contribution < -0.4 is 10.2 Å². The predicted octanol–water partition coefficient (Wildman–Crippen LogP) is 3.07. The van der Waals surface area contributed by atoms with Crippen molar-refractivity contribution >= 4 is 18.2 Å². The highest BCUT2D eigenvalue weighted by Crippen LogP contribution is 2.21. The fraction of sp³-hybridized carbons (Fsp3) is 0.722. The molecule has 1 aromatic heterocycles. The van der Waals surface area contributed by atoms with Gasteiger partial charge in [0.2, 0.25) is 0 Å². The molecule has 0 atom stereocenters. The zero-order valence-corrected chi connectivity index (χ0v) is 15.2. The Morgan fingerprint density at radius 2 is 1.78 bits per heavy atom. The van der Waals surface area contributed by atoms with Crippen molar-refractivity contribution in [1.82, 2.24) is 15.2 Å². The summed E-state index contributed by atoms with van der Waals surface area (Å²) < 4.78 is 0.